The van der Waals surface area contributed by atoms with Gasteiger partial charge in [0, 0.05) is 5.69 Å². The molecule has 2 aromatic rings. The highest BCUT2D eigenvalue weighted by Gasteiger charge is 2.07. The summed E-state index contributed by atoms with van der Waals surface area (Å²) in [4.78, 5) is 12.2. The molecule has 112 valence electrons. The van der Waals surface area contributed by atoms with Gasteiger partial charge < -0.3 is 15.8 Å². The molecular weight excluding hydrogens is 266 g/mol. The van der Waals surface area contributed by atoms with Crippen molar-refractivity contribution in [3.05, 3.63) is 29.8 Å². The van der Waals surface area contributed by atoms with E-state index >= 15 is 0 Å². The standard InChI is InChI=1S/C15H21N5O/c1-4-5-11-6-8-12(9-7-11)17-14-18-13(16)19-15(20-14)21-10(2)3/h6-10H,4-5H2,1-3H3,(H3,16,17,18,19,20). The third kappa shape index (κ3) is 4.59. The number of aryl methyl sites for hydroxylation is 1. The van der Waals surface area contributed by atoms with Crippen LogP contribution in [0, 0.1) is 0 Å². The number of rotatable bonds is 6. The van der Waals surface area contributed by atoms with Gasteiger partial charge in [-0.3, -0.25) is 0 Å². The van der Waals surface area contributed by atoms with Crippen LogP contribution < -0.4 is 15.8 Å². The van der Waals surface area contributed by atoms with E-state index in [2.05, 4.69) is 39.3 Å². The average molecular weight is 287 g/mol. The number of aromatic nitrogens is 3. The SMILES string of the molecule is CCCc1ccc(Nc2nc(N)nc(OC(C)C)n2)cc1. The number of nitrogen functional groups attached to an aromatic ring is 1. The Balaban J connectivity index is 2.12. The summed E-state index contributed by atoms with van der Waals surface area (Å²) < 4.78 is 5.44. The van der Waals surface area contributed by atoms with Crippen molar-refractivity contribution in [2.24, 2.45) is 0 Å². The van der Waals surface area contributed by atoms with Crippen LogP contribution in [-0.4, -0.2) is 21.1 Å². The van der Waals surface area contributed by atoms with E-state index < -0.39 is 0 Å². The van der Waals surface area contributed by atoms with Crippen molar-refractivity contribution in [3.8, 4) is 6.01 Å². The van der Waals surface area contributed by atoms with Gasteiger partial charge in [0.15, 0.2) is 0 Å². The highest BCUT2D eigenvalue weighted by Crippen LogP contribution is 2.17. The number of nitrogens with two attached hydrogens (primary N) is 1. The van der Waals surface area contributed by atoms with E-state index in [9.17, 15) is 0 Å². The Bertz CT molecular complexity index is 583. The van der Waals surface area contributed by atoms with E-state index in [1.807, 2.05) is 26.0 Å². The maximum Gasteiger partial charge on any atom is 0.323 e. The highest BCUT2D eigenvalue weighted by atomic mass is 16.5. The Morgan fingerprint density at radius 1 is 1.14 bits per heavy atom. The summed E-state index contributed by atoms with van der Waals surface area (Å²) in [6.07, 6.45) is 2.19. The summed E-state index contributed by atoms with van der Waals surface area (Å²) in [5, 5.41) is 3.11. The Morgan fingerprint density at radius 3 is 2.48 bits per heavy atom. The van der Waals surface area contributed by atoms with Gasteiger partial charge in [-0.15, -0.1) is 0 Å². The third-order valence-electron chi connectivity index (χ3n) is 2.72. The van der Waals surface area contributed by atoms with E-state index in [0.717, 1.165) is 18.5 Å². The van der Waals surface area contributed by atoms with Crippen molar-refractivity contribution in [2.75, 3.05) is 11.1 Å². The van der Waals surface area contributed by atoms with E-state index in [4.69, 9.17) is 10.5 Å². The molecule has 0 amide bonds. The number of hydrogen-bond donors (Lipinski definition) is 2. The number of benzene rings is 1. The second-order valence-corrected chi connectivity index (χ2v) is 5.04. The zero-order valence-electron chi connectivity index (χ0n) is 12.6. The molecule has 0 aliphatic heterocycles. The van der Waals surface area contributed by atoms with Gasteiger partial charge in [-0.05, 0) is 38.0 Å². The van der Waals surface area contributed by atoms with Crippen LogP contribution in [0.25, 0.3) is 0 Å². The molecule has 0 saturated carbocycles. The number of anilines is 3. The molecule has 3 N–H and O–H groups in total. The fourth-order valence-corrected chi connectivity index (χ4v) is 1.86. The van der Waals surface area contributed by atoms with E-state index in [1.54, 1.807) is 0 Å². The first-order valence-corrected chi connectivity index (χ1v) is 7.11. The van der Waals surface area contributed by atoms with Crippen LogP contribution in [0.15, 0.2) is 24.3 Å². The molecule has 1 aromatic heterocycles. The predicted octanol–water partition coefficient (Wildman–Crippen LogP) is 2.94. The molecule has 0 atom stereocenters. The molecule has 0 bridgehead atoms. The van der Waals surface area contributed by atoms with Crippen LogP contribution in [-0.2, 0) is 6.42 Å². The number of nitrogens with zero attached hydrogens (tertiary/aromatic N) is 3. The molecule has 6 heteroatoms. The fraction of sp³-hybridized carbons (Fsp3) is 0.400. The van der Waals surface area contributed by atoms with Gasteiger partial charge in [0.05, 0.1) is 6.10 Å². The Morgan fingerprint density at radius 2 is 1.86 bits per heavy atom. The number of hydrogen-bond acceptors (Lipinski definition) is 6. The molecule has 0 unspecified atom stereocenters. The van der Waals surface area contributed by atoms with Crippen LogP contribution in [0.4, 0.5) is 17.6 Å². The lowest BCUT2D eigenvalue weighted by Crippen LogP contribution is -2.11. The van der Waals surface area contributed by atoms with Gasteiger partial charge in [-0.25, -0.2) is 0 Å². The lowest BCUT2D eigenvalue weighted by molar-refractivity contribution is 0.222. The summed E-state index contributed by atoms with van der Waals surface area (Å²) >= 11 is 0. The van der Waals surface area contributed by atoms with Gasteiger partial charge >= 0.3 is 6.01 Å². The van der Waals surface area contributed by atoms with Crippen molar-refractivity contribution in [1.82, 2.24) is 15.0 Å². The third-order valence-corrected chi connectivity index (χ3v) is 2.72. The van der Waals surface area contributed by atoms with Gasteiger partial charge in [0.1, 0.15) is 0 Å². The topological polar surface area (TPSA) is 86.0 Å². The Hall–Kier alpha value is -2.37. The Kier molecular flexibility index (Phi) is 4.92. The first-order chi connectivity index (χ1) is 10.1. The lowest BCUT2D eigenvalue weighted by atomic mass is 10.1. The minimum Gasteiger partial charge on any atom is -0.461 e. The summed E-state index contributed by atoms with van der Waals surface area (Å²) in [5.41, 5.74) is 7.88. The van der Waals surface area contributed by atoms with Crippen LogP contribution in [0.1, 0.15) is 32.8 Å². The van der Waals surface area contributed by atoms with Gasteiger partial charge in [-0.2, -0.15) is 15.0 Å². The van der Waals surface area contributed by atoms with Crippen LogP contribution in [0.5, 0.6) is 6.01 Å². The van der Waals surface area contributed by atoms with Crippen molar-refractivity contribution >= 4 is 17.6 Å². The number of ether oxygens (including phenoxy) is 1. The minimum absolute atomic E-state index is 0.0204. The zero-order chi connectivity index (χ0) is 15.2. The van der Waals surface area contributed by atoms with Crippen molar-refractivity contribution < 1.29 is 4.74 Å². The second kappa shape index (κ2) is 6.88. The Labute approximate surface area is 124 Å². The van der Waals surface area contributed by atoms with Gasteiger partial charge in [0.2, 0.25) is 11.9 Å². The normalized spacial score (nSPS) is 10.7. The molecular formula is C15H21N5O. The molecule has 1 heterocycles. The maximum absolute atomic E-state index is 5.67. The molecule has 2 rings (SSSR count). The van der Waals surface area contributed by atoms with E-state index in [1.165, 1.54) is 5.56 Å². The molecule has 0 saturated heterocycles. The minimum atomic E-state index is -0.0204. The van der Waals surface area contributed by atoms with Crippen LogP contribution >= 0.6 is 0 Å². The highest BCUT2D eigenvalue weighted by molar-refractivity contribution is 5.54. The van der Waals surface area contributed by atoms with Crippen molar-refractivity contribution in [3.63, 3.8) is 0 Å². The summed E-state index contributed by atoms with van der Waals surface area (Å²) in [5.74, 6) is 0.507. The lowest BCUT2D eigenvalue weighted by Gasteiger charge is -2.10. The monoisotopic (exact) mass is 287 g/mol. The second-order valence-electron chi connectivity index (χ2n) is 5.04. The largest absolute Gasteiger partial charge is 0.461 e. The zero-order valence-corrected chi connectivity index (χ0v) is 12.6. The molecule has 1 aromatic carbocycles. The molecule has 0 radical (unpaired) electrons. The molecule has 6 nitrogen and oxygen atoms in total. The molecule has 21 heavy (non-hydrogen) atoms. The summed E-state index contributed by atoms with van der Waals surface area (Å²) in [7, 11) is 0. The summed E-state index contributed by atoms with van der Waals surface area (Å²) in [6, 6.07) is 8.38. The smallest absolute Gasteiger partial charge is 0.323 e. The molecule has 0 fully saturated rings. The molecule has 0 spiro atoms. The van der Waals surface area contributed by atoms with Crippen molar-refractivity contribution in [2.45, 2.75) is 39.7 Å². The van der Waals surface area contributed by atoms with Crippen molar-refractivity contribution in [1.29, 1.82) is 0 Å². The summed E-state index contributed by atoms with van der Waals surface area (Å²) in [6.45, 7) is 5.97. The number of nitrogens with one attached hydrogen (secondary N) is 1. The quantitative estimate of drug-likeness (QED) is 0.849. The molecule has 0 aliphatic carbocycles. The van der Waals surface area contributed by atoms with Crippen LogP contribution in [0.2, 0.25) is 0 Å². The first kappa shape index (κ1) is 15.0. The average Bonchev–Trinajstić information content (AvgIpc) is 2.40. The van der Waals surface area contributed by atoms with Crippen LogP contribution in [0.3, 0.4) is 0 Å². The predicted molar refractivity (Wildman–Crippen MR) is 83.7 cm³/mol. The first-order valence-electron chi connectivity index (χ1n) is 7.11. The van der Waals surface area contributed by atoms with E-state index in [-0.39, 0.29) is 18.1 Å². The van der Waals surface area contributed by atoms with Gasteiger partial charge in [-0.1, -0.05) is 25.5 Å². The maximum atomic E-state index is 5.67. The van der Waals surface area contributed by atoms with Gasteiger partial charge in [0.25, 0.3) is 0 Å². The molecule has 0 aliphatic rings. The fourth-order valence-electron chi connectivity index (χ4n) is 1.86. The van der Waals surface area contributed by atoms with E-state index in [0.29, 0.717) is 5.95 Å².